The molecule has 3 aromatic rings. The van der Waals surface area contributed by atoms with Crippen LogP contribution in [0.1, 0.15) is 16.9 Å². The molecule has 2 N–H and O–H groups in total. The quantitative estimate of drug-likeness (QED) is 0.656. The highest BCUT2D eigenvalue weighted by molar-refractivity contribution is 7.18. The predicted octanol–water partition coefficient (Wildman–Crippen LogP) is 3.73. The van der Waals surface area contributed by atoms with Gasteiger partial charge in [0.25, 0.3) is 0 Å². The largest absolute Gasteiger partial charge is 0.393 e. The van der Waals surface area contributed by atoms with Gasteiger partial charge < -0.3 is 10.6 Å². The van der Waals surface area contributed by atoms with E-state index in [9.17, 15) is 13.2 Å². The van der Waals surface area contributed by atoms with Gasteiger partial charge in [-0.1, -0.05) is 6.07 Å². The van der Waals surface area contributed by atoms with Crippen molar-refractivity contribution in [3.05, 3.63) is 41.2 Å². The number of nitrogen functional groups attached to an aromatic ring is 1. The van der Waals surface area contributed by atoms with E-state index in [4.69, 9.17) is 5.73 Å². The molecule has 2 fully saturated rings. The molecule has 31 heavy (non-hydrogen) atoms. The van der Waals surface area contributed by atoms with E-state index in [1.54, 1.807) is 6.07 Å². The van der Waals surface area contributed by atoms with Crippen molar-refractivity contribution in [2.45, 2.75) is 25.6 Å². The summed E-state index contributed by atoms with van der Waals surface area (Å²) in [7, 11) is 0. The Morgan fingerprint density at radius 3 is 2.71 bits per heavy atom. The fraction of sp³-hybridized carbons (Fsp3) is 0.476. The minimum absolute atomic E-state index is 0.282. The lowest BCUT2D eigenvalue weighted by atomic mass is 9.88. The summed E-state index contributed by atoms with van der Waals surface area (Å²) in [6.07, 6.45) is -0.752. The van der Waals surface area contributed by atoms with E-state index in [0.29, 0.717) is 22.5 Å². The molecule has 0 spiro atoms. The number of likely N-dealkylation sites (tertiary alicyclic amines) is 1. The van der Waals surface area contributed by atoms with Crippen molar-refractivity contribution < 1.29 is 13.2 Å². The number of rotatable bonds is 4. The maximum Gasteiger partial charge on any atom is 0.393 e. The molecule has 0 radical (unpaired) electrons. The first-order chi connectivity index (χ1) is 14.8. The summed E-state index contributed by atoms with van der Waals surface area (Å²) in [6.45, 7) is 4.60. The first kappa shape index (κ1) is 20.4. The summed E-state index contributed by atoms with van der Waals surface area (Å²) in [5, 5.41) is 0.732. The van der Waals surface area contributed by atoms with E-state index in [2.05, 4.69) is 24.8 Å². The smallest absolute Gasteiger partial charge is 0.384 e. The molecule has 6 nitrogen and oxygen atoms in total. The van der Waals surface area contributed by atoms with E-state index in [1.807, 2.05) is 18.3 Å². The van der Waals surface area contributed by atoms with Crippen molar-refractivity contribution in [2.24, 2.45) is 11.8 Å². The van der Waals surface area contributed by atoms with Gasteiger partial charge in [0, 0.05) is 37.3 Å². The summed E-state index contributed by atoms with van der Waals surface area (Å²) >= 11 is 1.10. The van der Waals surface area contributed by atoms with Crippen LogP contribution >= 0.6 is 11.3 Å². The van der Waals surface area contributed by atoms with Crippen molar-refractivity contribution in [3.63, 3.8) is 0 Å². The van der Waals surface area contributed by atoms with Crippen molar-refractivity contribution >= 4 is 33.2 Å². The van der Waals surface area contributed by atoms with Gasteiger partial charge in [-0.25, -0.2) is 15.0 Å². The lowest BCUT2D eigenvalue weighted by Crippen LogP contribution is -2.39. The van der Waals surface area contributed by atoms with Crippen LogP contribution < -0.4 is 10.6 Å². The summed E-state index contributed by atoms with van der Waals surface area (Å²) in [6, 6.07) is 5.46. The Hall–Kier alpha value is -2.46. The number of halogens is 3. The average Bonchev–Trinajstić information content (AvgIpc) is 3.31. The van der Waals surface area contributed by atoms with Crippen molar-refractivity contribution in [1.29, 1.82) is 0 Å². The molecule has 10 heteroatoms. The Morgan fingerprint density at radius 1 is 1.10 bits per heavy atom. The number of thiophene rings is 1. The average molecular weight is 449 g/mol. The van der Waals surface area contributed by atoms with Gasteiger partial charge >= 0.3 is 6.18 Å². The fourth-order valence-corrected chi connectivity index (χ4v) is 5.80. The van der Waals surface area contributed by atoms with E-state index in [1.165, 1.54) is 6.33 Å². The highest BCUT2D eigenvalue weighted by Gasteiger charge is 2.38. The third kappa shape index (κ3) is 4.45. The molecular formula is C21H23F3N6S. The van der Waals surface area contributed by atoms with Crippen molar-refractivity contribution in [3.8, 4) is 0 Å². The summed E-state index contributed by atoms with van der Waals surface area (Å²) in [5.74, 6) is 2.36. The number of alkyl halides is 3. The van der Waals surface area contributed by atoms with Crippen LogP contribution in [0.25, 0.3) is 10.2 Å². The monoisotopic (exact) mass is 448 g/mol. The van der Waals surface area contributed by atoms with E-state index >= 15 is 0 Å². The number of nitrogens with zero attached hydrogens (tertiary/aromatic N) is 5. The Morgan fingerprint density at radius 2 is 1.94 bits per heavy atom. The van der Waals surface area contributed by atoms with Gasteiger partial charge in [-0.05, 0) is 42.5 Å². The highest BCUT2D eigenvalue weighted by atomic mass is 32.1. The first-order valence-electron chi connectivity index (χ1n) is 10.3. The van der Waals surface area contributed by atoms with Gasteiger partial charge in [-0.3, -0.25) is 4.90 Å². The van der Waals surface area contributed by atoms with E-state index in [-0.39, 0.29) is 4.88 Å². The minimum atomic E-state index is -4.22. The number of anilines is 2. The number of hydrogen-bond donors (Lipinski definition) is 1. The van der Waals surface area contributed by atoms with Gasteiger partial charge in [-0.15, -0.1) is 11.3 Å². The van der Waals surface area contributed by atoms with Crippen LogP contribution in [0.4, 0.5) is 24.8 Å². The predicted molar refractivity (Wildman–Crippen MR) is 115 cm³/mol. The van der Waals surface area contributed by atoms with E-state index in [0.717, 1.165) is 67.2 Å². The zero-order valence-corrected chi connectivity index (χ0v) is 17.7. The molecule has 0 aromatic carbocycles. The molecule has 5 heterocycles. The second-order valence-electron chi connectivity index (χ2n) is 8.46. The molecule has 164 valence electrons. The molecule has 0 aliphatic carbocycles. The Bertz CT molecular complexity index is 1070. The minimum Gasteiger partial charge on any atom is -0.384 e. The van der Waals surface area contributed by atoms with Crippen molar-refractivity contribution in [1.82, 2.24) is 19.9 Å². The molecule has 0 bridgehead atoms. The van der Waals surface area contributed by atoms with Crippen LogP contribution in [0.15, 0.2) is 30.7 Å². The standard InChI is InChI=1S/C21H23F3N6S/c22-21(23,24)6-16-5-17-19(27-12-28-20(17)31-16)30-10-14-3-4-29(9-15(14)11-30)8-13-1-2-18(25)26-7-13/h1-2,5,7,12,14-15H,3-4,6,8-11H2,(H2,25,26)/t14-,15+/m1/s1. The summed E-state index contributed by atoms with van der Waals surface area (Å²) < 4.78 is 38.5. The third-order valence-electron chi connectivity index (χ3n) is 6.17. The molecule has 2 aliphatic heterocycles. The van der Waals surface area contributed by atoms with Gasteiger partial charge in [-0.2, -0.15) is 13.2 Å². The number of fused-ring (bicyclic) bond motifs is 2. The molecule has 0 amide bonds. The maximum absolute atomic E-state index is 12.8. The second-order valence-corrected chi connectivity index (χ2v) is 9.58. The molecule has 3 aromatic heterocycles. The van der Waals surface area contributed by atoms with Crippen LogP contribution in [0, 0.1) is 11.8 Å². The Kier molecular flexibility index (Phi) is 5.21. The Labute approximate surface area is 181 Å². The zero-order valence-electron chi connectivity index (χ0n) is 16.8. The lowest BCUT2D eigenvalue weighted by Gasteiger charge is -2.34. The topological polar surface area (TPSA) is 71.2 Å². The molecule has 5 rings (SSSR count). The highest BCUT2D eigenvalue weighted by Crippen LogP contribution is 2.38. The number of pyridine rings is 1. The first-order valence-corrected chi connectivity index (χ1v) is 11.1. The lowest BCUT2D eigenvalue weighted by molar-refractivity contribution is -0.126. The number of piperidine rings is 1. The SMILES string of the molecule is Nc1ccc(CN2CC[C@@H]3CN(c4ncnc5sc(CC(F)(F)F)cc45)C[C@@H]3C2)cn1. The third-order valence-corrected chi connectivity index (χ3v) is 7.22. The Balaban J connectivity index is 1.30. The second kappa shape index (κ2) is 7.90. The summed E-state index contributed by atoms with van der Waals surface area (Å²) in [4.78, 5) is 18.4. The number of hydrogen-bond acceptors (Lipinski definition) is 7. The molecule has 0 unspecified atom stereocenters. The number of nitrogens with two attached hydrogens (primary N) is 1. The van der Waals surface area contributed by atoms with Crippen LogP contribution in [-0.2, 0) is 13.0 Å². The normalized spacial score (nSPS) is 22.2. The zero-order chi connectivity index (χ0) is 21.6. The summed E-state index contributed by atoms with van der Waals surface area (Å²) in [5.41, 5.74) is 6.82. The van der Waals surface area contributed by atoms with Crippen LogP contribution in [-0.4, -0.2) is 52.2 Å². The molecule has 2 atom stereocenters. The molecule has 2 aliphatic rings. The fourth-order valence-electron chi connectivity index (χ4n) is 4.78. The van der Waals surface area contributed by atoms with E-state index < -0.39 is 12.6 Å². The molecular weight excluding hydrogens is 425 g/mol. The molecule has 0 saturated carbocycles. The van der Waals surface area contributed by atoms with Gasteiger partial charge in [0.05, 0.1) is 11.8 Å². The van der Waals surface area contributed by atoms with Crippen LogP contribution in [0.3, 0.4) is 0 Å². The van der Waals surface area contributed by atoms with Gasteiger partial charge in [0.15, 0.2) is 0 Å². The maximum atomic E-state index is 12.8. The van der Waals surface area contributed by atoms with Crippen LogP contribution in [0.5, 0.6) is 0 Å². The van der Waals surface area contributed by atoms with Gasteiger partial charge in [0.2, 0.25) is 0 Å². The molecule has 2 saturated heterocycles. The van der Waals surface area contributed by atoms with Crippen molar-refractivity contribution in [2.75, 3.05) is 36.8 Å². The van der Waals surface area contributed by atoms with Gasteiger partial charge in [0.1, 0.15) is 22.8 Å². The van der Waals surface area contributed by atoms with Crippen LogP contribution in [0.2, 0.25) is 0 Å². The number of aromatic nitrogens is 3.